The molecule has 0 aliphatic carbocycles. The van der Waals surface area contributed by atoms with Crippen molar-refractivity contribution in [2.45, 2.75) is 0 Å². The van der Waals surface area contributed by atoms with Gasteiger partial charge in [0.1, 0.15) is 23.6 Å². The van der Waals surface area contributed by atoms with E-state index in [1.807, 2.05) is 30.3 Å². The number of hydrogen-bond acceptors (Lipinski definition) is 5. The lowest BCUT2D eigenvalue weighted by molar-refractivity contribution is 0.363. The molecule has 0 aliphatic heterocycles. The first-order chi connectivity index (χ1) is 11.3. The van der Waals surface area contributed by atoms with Crippen LogP contribution in [0.15, 0.2) is 77.6 Å². The molecule has 2 aromatic carbocycles. The Labute approximate surface area is 133 Å². The molecule has 1 aromatic heterocycles. The molecule has 3 rings (SSSR count). The molecule has 0 saturated heterocycles. The van der Waals surface area contributed by atoms with Gasteiger partial charge >= 0.3 is 0 Å². The number of pyridine rings is 1. The third kappa shape index (κ3) is 3.35. The Balaban J connectivity index is 1.85. The van der Waals surface area contributed by atoms with Crippen LogP contribution in [-0.4, -0.2) is 16.7 Å². The lowest BCUT2D eigenvalue weighted by Gasteiger charge is -2.03. The summed E-state index contributed by atoms with van der Waals surface area (Å²) in [6, 6.07) is 14.2. The van der Waals surface area contributed by atoms with Crippen molar-refractivity contribution >= 4 is 22.3 Å². The van der Waals surface area contributed by atoms with Gasteiger partial charge in [0.15, 0.2) is 0 Å². The first-order valence-corrected chi connectivity index (χ1v) is 7.10. The molecule has 0 radical (unpaired) electrons. The molecule has 0 amide bonds. The van der Waals surface area contributed by atoms with E-state index in [1.54, 1.807) is 30.5 Å². The second-order valence-electron chi connectivity index (χ2n) is 4.80. The number of aromatic nitrogens is 1. The van der Waals surface area contributed by atoms with E-state index in [1.165, 1.54) is 0 Å². The van der Waals surface area contributed by atoms with Gasteiger partial charge in [-0.2, -0.15) is 5.11 Å². The summed E-state index contributed by atoms with van der Waals surface area (Å²) in [4.78, 5) is 4.16. The maximum absolute atomic E-state index is 9.83. The van der Waals surface area contributed by atoms with Gasteiger partial charge in [-0.05, 0) is 48.5 Å². The third-order valence-corrected chi connectivity index (χ3v) is 3.20. The van der Waals surface area contributed by atoms with Gasteiger partial charge in [0, 0.05) is 11.6 Å². The fourth-order valence-corrected chi connectivity index (χ4v) is 2.11. The van der Waals surface area contributed by atoms with E-state index in [-0.39, 0.29) is 5.75 Å². The summed E-state index contributed by atoms with van der Waals surface area (Å²) < 4.78 is 5.42. The molecule has 0 spiro atoms. The number of phenols is 1. The second-order valence-corrected chi connectivity index (χ2v) is 4.80. The van der Waals surface area contributed by atoms with Crippen LogP contribution in [0.4, 0.5) is 11.4 Å². The first kappa shape index (κ1) is 14.7. The van der Waals surface area contributed by atoms with Gasteiger partial charge in [-0.1, -0.05) is 12.7 Å². The van der Waals surface area contributed by atoms with E-state index >= 15 is 0 Å². The highest BCUT2D eigenvalue weighted by Gasteiger charge is 2.05. The Morgan fingerprint density at radius 3 is 2.70 bits per heavy atom. The molecule has 1 heterocycles. The maximum atomic E-state index is 9.83. The largest absolute Gasteiger partial charge is 0.506 e. The van der Waals surface area contributed by atoms with Crippen molar-refractivity contribution in [3.63, 3.8) is 0 Å². The lowest BCUT2D eigenvalue weighted by Crippen LogP contribution is -1.91. The maximum Gasteiger partial charge on any atom is 0.141 e. The number of ether oxygens (including phenoxy) is 1. The Morgan fingerprint density at radius 1 is 1.09 bits per heavy atom. The zero-order chi connectivity index (χ0) is 16.1. The van der Waals surface area contributed by atoms with Gasteiger partial charge in [-0.25, -0.2) is 0 Å². The van der Waals surface area contributed by atoms with Crippen LogP contribution in [0.2, 0.25) is 0 Å². The third-order valence-electron chi connectivity index (χ3n) is 3.20. The van der Waals surface area contributed by atoms with E-state index in [4.69, 9.17) is 4.74 Å². The molecule has 5 heteroatoms. The highest BCUT2D eigenvalue weighted by molar-refractivity contribution is 5.93. The van der Waals surface area contributed by atoms with E-state index in [0.29, 0.717) is 23.5 Å². The summed E-state index contributed by atoms with van der Waals surface area (Å²) in [6.45, 7) is 4.07. The Hall–Kier alpha value is -3.21. The van der Waals surface area contributed by atoms with Crippen LogP contribution in [0.5, 0.6) is 11.5 Å². The van der Waals surface area contributed by atoms with Crippen LogP contribution in [0.3, 0.4) is 0 Å². The molecular formula is C18H15N3O2. The van der Waals surface area contributed by atoms with Crippen LogP contribution < -0.4 is 4.74 Å². The van der Waals surface area contributed by atoms with Crippen molar-refractivity contribution < 1.29 is 9.84 Å². The zero-order valence-corrected chi connectivity index (χ0v) is 12.4. The van der Waals surface area contributed by atoms with Crippen LogP contribution in [-0.2, 0) is 0 Å². The minimum atomic E-state index is 0.128. The summed E-state index contributed by atoms with van der Waals surface area (Å²) in [5.74, 6) is 0.881. The molecule has 3 aromatic rings. The zero-order valence-electron chi connectivity index (χ0n) is 12.4. The molecule has 0 fully saturated rings. The number of aromatic hydroxyl groups is 1. The van der Waals surface area contributed by atoms with Gasteiger partial charge in [0.05, 0.1) is 11.4 Å². The monoisotopic (exact) mass is 305 g/mol. The Kier molecular flexibility index (Phi) is 4.29. The number of nitrogens with zero attached hydrogens (tertiary/aromatic N) is 3. The molecule has 1 N–H and O–H groups in total. The lowest BCUT2D eigenvalue weighted by atomic mass is 10.2. The topological polar surface area (TPSA) is 67.1 Å². The van der Waals surface area contributed by atoms with E-state index in [2.05, 4.69) is 21.8 Å². The van der Waals surface area contributed by atoms with Gasteiger partial charge in [0.25, 0.3) is 0 Å². The minimum Gasteiger partial charge on any atom is -0.506 e. The molecule has 0 bridgehead atoms. The summed E-state index contributed by atoms with van der Waals surface area (Å²) in [5, 5.41) is 19.1. The number of phenolic OH excluding ortho intramolecular Hbond substituents is 1. The van der Waals surface area contributed by atoms with Gasteiger partial charge in [-0.15, -0.1) is 5.11 Å². The highest BCUT2D eigenvalue weighted by atomic mass is 16.5. The SMILES string of the molecule is C=CCOc1ccc(N=Nc2ccc(O)c3ncccc23)cc1. The van der Waals surface area contributed by atoms with Crippen LogP contribution in [0, 0.1) is 0 Å². The van der Waals surface area contributed by atoms with E-state index in [0.717, 1.165) is 11.1 Å². The predicted octanol–water partition coefficient (Wildman–Crippen LogP) is 4.92. The summed E-state index contributed by atoms with van der Waals surface area (Å²) in [7, 11) is 0. The van der Waals surface area contributed by atoms with Crippen molar-refractivity contribution in [2.24, 2.45) is 10.2 Å². The van der Waals surface area contributed by atoms with Crippen LogP contribution in [0.25, 0.3) is 10.9 Å². The molecular weight excluding hydrogens is 290 g/mol. The molecule has 0 unspecified atom stereocenters. The van der Waals surface area contributed by atoms with Gasteiger partial charge < -0.3 is 9.84 Å². The smallest absolute Gasteiger partial charge is 0.141 e. The first-order valence-electron chi connectivity index (χ1n) is 7.10. The van der Waals surface area contributed by atoms with Crippen LogP contribution in [0.1, 0.15) is 0 Å². The molecule has 5 nitrogen and oxygen atoms in total. The van der Waals surface area contributed by atoms with Crippen molar-refractivity contribution in [1.82, 2.24) is 4.98 Å². The van der Waals surface area contributed by atoms with Crippen molar-refractivity contribution in [3.8, 4) is 11.5 Å². The summed E-state index contributed by atoms with van der Waals surface area (Å²) in [5.41, 5.74) is 1.87. The van der Waals surface area contributed by atoms with E-state index in [9.17, 15) is 5.11 Å². The molecule has 23 heavy (non-hydrogen) atoms. The Morgan fingerprint density at radius 2 is 1.91 bits per heavy atom. The average Bonchev–Trinajstić information content (AvgIpc) is 2.60. The predicted molar refractivity (Wildman–Crippen MR) is 89.7 cm³/mol. The van der Waals surface area contributed by atoms with Crippen molar-refractivity contribution in [2.75, 3.05) is 6.61 Å². The number of hydrogen-bond donors (Lipinski definition) is 1. The number of fused-ring (bicyclic) bond motifs is 1. The fourth-order valence-electron chi connectivity index (χ4n) is 2.11. The number of azo groups is 1. The van der Waals surface area contributed by atoms with Gasteiger partial charge in [0.2, 0.25) is 0 Å². The van der Waals surface area contributed by atoms with Crippen molar-refractivity contribution in [1.29, 1.82) is 0 Å². The normalized spacial score (nSPS) is 11.0. The van der Waals surface area contributed by atoms with E-state index < -0.39 is 0 Å². The van der Waals surface area contributed by atoms with Gasteiger partial charge in [-0.3, -0.25) is 4.98 Å². The molecule has 114 valence electrons. The standard InChI is InChI=1S/C18H15N3O2/c1-2-12-23-14-7-5-13(6-8-14)20-21-16-9-10-17(22)18-15(16)4-3-11-19-18/h2-11,22H,1,12H2. The molecule has 0 saturated carbocycles. The van der Waals surface area contributed by atoms with Crippen molar-refractivity contribution in [3.05, 3.63) is 67.4 Å². The number of benzene rings is 2. The summed E-state index contributed by atoms with van der Waals surface area (Å²) in [6.07, 6.45) is 3.32. The number of rotatable bonds is 5. The van der Waals surface area contributed by atoms with Crippen LogP contribution >= 0.6 is 0 Å². The second kappa shape index (κ2) is 6.70. The fraction of sp³-hybridized carbons (Fsp3) is 0.0556. The quantitative estimate of drug-likeness (QED) is 0.537. The summed E-state index contributed by atoms with van der Waals surface area (Å²) >= 11 is 0. The average molecular weight is 305 g/mol. The Bertz CT molecular complexity index is 858. The molecule has 0 atom stereocenters. The highest BCUT2D eigenvalue weighted by Crippen LogP contribution is 2.32. The minimum absolute atomic E-state index is 0.128. The molecule has 0 aliphatic rings.